The van der Waals surface area contributed by atoms with E-state index in [4.69, 9.17) is 9.47 Å². The van der Waals surface area contributed by atoms with Crippen LogP contribution in [0.2, 0.25) is 0 Å². The molecule has 3 nitrogen and oxygen atoms in total. The van der Waals surface area contributed by atoms with Gasteiger partial charge in [-0.2, -0.15) is 0 Å². The molecule has 0 spiro atoms. The van der Waals surface area contributed by atoms with Gasteiger partial charge in [-0.25, -0.2) is 4.79 Å². The standard InChI is InChI=1S/C26H36O3/c1-4-7-8-12-19-24(22-16-10-9-11-17-22)28-26(27)29-25-20-13-18-21(14-5-2)23(25)15-6-3/h9-11,13,16-18,20,24H,4-8,12,14-15,19H2,1-3H3. The molecule has 0 aliphatic carbocycles. The van der Waals surface area contributed by atoms with Gasteiger partial charge in [0, 0.05) is 0 Å². The van der Waals surface area contributed by atoms with Crippen LogP contribution >= 0.6 is 0 Å². The number of hydrogen-bond acceptors (Lipinski definition) is 3. The summed E-state index contributed by atoms with van der Waals surface area (Å²) in [5.41, 5.74) is 3.42. The monoisotopic (exact) mass is 396 g/mol. The van der Waals surface area contributed by atoms with Crippen molar-refractivity contribution >= 4 is 6.16 Å². The molecule has 0 saturated heterocycles. The smallest absolute Gasteiger partial charge is 0.426 e. The SMILES string of the molecule is CCCCCCC(OC(=O)Oc1cccc(CCC)c1CCC)c1ccccc1. The molecule has 158 valence electrons. The minimum absolute atomic E-state index is 0.269. The Morgan fingerprint density at radius 2 is 1.59 bits per heavy atom. The van der Waals surface area contributed by atoms with E-state index in [1.807, 2.05) is 42.5 Å². The van der Waals surface area contributed by atoms with E-state index >= 15 is 0 Å². The summed E-state index contributed by atoms with van der Waals surface area (Å²) in [5.74, 6) is 0.639. The second-order valence-corrected chi connectivity index (χ2v) is 7.61. The lowest BCUT2D eigenvalue weighted by Gasteiger charge is -2.19. The first kappa shape index (κ1) is 23.0. The summed E-state index contributed by atoms with van der Waals surface area (Å²) in [4.78, 5) is 12.7. The minimum atomic E-state index is -0.611. The Morgan fingerprint density at radius 3 is 2.28 bits per heavy atom. The molecule has 0 aliphatic rings. The van der Waals surface area contributed by atoms with E-state index in [9.17, 15) is 4.79 Å². The first-order chi connectivity index (χ1) is 14.2. The molecule has 2 aromatic rings. The van der Waals surface area contributed by atoms with E-state index < -0.39 is 6.16 Å². The van der Waals surface area contributed by atoms with Crippen LogP contribution in [0.25, 0.3) is 0 Å². The van der Waals surface area contributed by atoms with Crippen molar-refractivity contribution in [3.8, 4) is 5.75 Å². The number of ether oxygens (including phenoxy) is 2. The number of carbonyl (C=O) groups is 1. The van der Waals surface area contributed by atoms with Crippen molar-refractivity contribution in [2.75, 3.05) is 0 Å². The minimum Gasteiger partial charge on any atom is -0.426 e. The predicted octanol–water partition coefficient (Wildman–Crippen LogP) is 7.82. The van der Waals surface area contributed by atoms with Crippen LogP contribution in [0.1, 0.15) is 88.5 Å². The van der Waals surface area contributed by atoms with Crippen molar-refractivity contribution in [3.63, 3.8) is 0 Å². The Labute approximate surface area is 176 Å². The maximum Gasteiger partial charge on any atom is 0.514 e. The molecule has 29 heavy (non-hydrogen) atoms. The second-order valence-electron chi connectivity index (χ2n) is 7.61. The summed E-state index contributed by atoms with van der Waals surface area (Å²) in [7, 11) is 0. The van der Waals surface area contributed by atoms with Gasteiger partial charge >= 0.3 is 6.16 Å². The normalized spacial score (nSPS) is 11.8. The zero-order valence-corrected chi connectivity index (χ0v) is 18.3. The molecule has 0 radical (unpaired) electrons. The number of hydrogen-bond donors (Lipinski definition) is 0. The molecule has 0 amide bonds. The molecular formula is C26H36O3. The summed E-state index contributed by atoms with van der Waals surface area (Å²) in [6, 6.07) is 16.0. The third-order valence-corrected chi connectivity index (χ3v) is 5.17. The van der Waals surface area contributed by atoms with Crippen LogP contribution in [-0.4, -0.2) is 6.16 Å². The number of aryl methyl sites for hydroxylation is 1. The quantitative estimate of drug-likeness (QED) is 0.208. The number of rotatable bonds is 12. The Morgan fingerprint density at radius 1 is 0.828 bits per heavy atom. The lowest BCUT2D eigenvalue weighted by atomic mass is 9.98. The number of benzene rings is 2. The van der Waals surface area contributed by atoms with Gasteiger partial charge in [0.05, 0.1) is 0 Å². The van der Waals surface area contributed by atoms with E-state index in [0.29, 0.717) is 5.75 Å². The highest BCUT2D eigenvalue weighted by Gasteiger charge is 2.19. The number of carbonyl (C=O) groups excluding carboxylic acids is 1. The van der Waals surface area contributed by atoms with Gasteiger partial charge in [-0.1, -0.05) is 95.3 Å². The Bertz CT molecular complexity index is 724. The molecule has 2 rings (SSSR count). The maximum atomic E-state index is 12.7. The molecule has 0 aliphatic heterocycles. The summed E-state index contributed by atoms with van der Waals surface area (Å²) < 4.78 is 11.5. The Hall–Kier alpha value is -2.29. The first-order valence-electron chi connectivity index (χ1n) is 11.2. The van der Waals surface area contributed by atoms with E-state index in [0.717, 1.165) is 56.1 Å². The summed E-state index contributed by atoms with van der Waals surface area (Å²) >= 11 is 0. The zero-order valence-electron chi connectivity index (χ0n) is 18.3. The van der Waals surface area contributed by atoms with Crippen LogP contribution in [0, 0.1) is 0 Å². The fourth-order valence-electron chi connectivity index (χ4n) is 3.69. The molecule has 3 heteroatoms. The Balaban J connectivity index is 2.10. The maximum absolute atomic E-state index is 12.7. The molecule has 0 N–H and O–H groups in total. The molecular weight excluding hydrogens is 360 g/mol. The molecule has 0 saturated carbocycles. The van der Waals surface area contributed by atoms with Crippen molar-refractivity contribution in [2.24, 2.45) is 0 Å². The molecule has 0 bridgehead atoms. The van der Waals surface area contributed by atoms with Crippen molar-refractivity contribution < 1.29 is 14.3 Å². The van der Waals surface area contributed by atoms with Crippen LogP contribution in [-0.2, 0) is 17.6 Å². The van der Waals surface area contributed by atoms with E-state index in [-0.39, 0.29) is 6.10 Å². The highest BCUT2D eigenvalue weighted by molar-refractivity contribution is 5.65. The molecule has 2 aromatic carbocycles. The lowest BCUT2D eigenvalue weighted by Crippen LogP contribution is -2.16. The highest BCUT2D eigenvalue weighted by Crippen LogP contribution is 2.28. The van der Waals surface area contributed by atoms with Gasteiger partial charge in [0.15, 0.2) is 0 Å². The van der Waals surface area contributed by atoms with Gasteiger partial charge < -0.3 is 9.47 Å². The molecule has 0 heterocycles. The van der Waals surface area contributed by atoms with Gasteiger partial charge in [-0.15, -0.1) is 0 Å². The van der Waals surface area contributed by atoms with Crippen LogP contribution in [0.15, 0.2) is 48.5 Å². The van der Waals surface area contributed by atoms with Crippen molar-refractivity contribution in [1.82, 2.24) is 0 Å². The average Bonchev–Trinajstić information content (AvgIpc) is 2.73. The third kappa shape index (κ3) is 7.56. The fourth-order valence-corrected chi connectivity index (χ4v) is 3.69. The fraction of sp³-hybridized carbons (Fsp3) is 0.500. The van der Waals surface area contributed by atoms with Crippen LogP contribution in [0.5, 0.6) is 5.75 Å². The van der Waals surface area contributed by atoms with Gasteiger partial charge in [0.25, 0.3) is 0 Å². The van der Waals surface area contributed by atoms with Crippen molar-refractivity contribution in [2.45, 2.75) is 84.7 Å². The molecule has 0 aromatic heterocycles. The average molecular weight is 397 g/mol. The van der Waals surface area contributed by atoms with Crippen molar-refractivity contribution in [3.05, 3.63) is 65.2 Å². The molecule has 1 atom stereocenters. The number of unbranched alkanes of at least 4 members (excludes halogenated alkanes) is 3. The predicted molar refractivity (Wildman–Crippen MR) is 119 cm³/mol. The van der Waals surface area contributed by atoms with Gasteiger partial charge in [0.1, 0.15) is 11.9 Å². The Kier molecular flexibility index (Phi) is 10.3. The largest absolute Gasteiger partial charge is 0.514 e. The first-order valence-corrected chi connectivity index (χ1v) is 11.2. The van der Waals surface area contributed by atoms with Crippen LogP contribution in [0.3, 0.4) is 0 Å². The van der Waals surface area contributed by atoms with Crippen LogP contribution in [0.4, 0.5) is 4.79 Å². The summed E-state index contributed by atoms with van der Waals surface area (Å²) in [6.07, 6.45) is 8.49. The van der Waals surface area contributed by atoms with Gasteiger partial charge in [-0.05, 0) is 48.4 Å². The molecule has 1 unspecified atom stereocenters. The van der Waals surface area contributed by atoms with E-state index in [2.05, 4.69) is 26.8 Å². The van der Waals surface area contributed by atoms with Gasteiger partial charge in [-0.3, -0.25) is 0 Å². The van der Waals surface area contributed by atoms with E-state index in [1.165, 1.54) is 18.4 Å². The second kappa shape index (κ2) is 13.0. The van der Waals surface area contributed by atoms with Gasteiger partial charge in [0.2, 0.25) is 0 Å². The topological polar surface area (TPSA) is 35.5 Å². The van der Waals surface area contributed by atoms with E-state index in [1.54, 1.807) is 0 Å². The lowest BCUT2D eigenvalue weighted by molar-refractivity contribution is 0.0525. The zero-order chi connectivity index (χ0) is 20.9. The molecule has 0 fully saturated rings. The summed E-state index contributed by atoms with van der Waals surface area (Å²) in [5, 5.41) is 0. The summed E-state index contributed by atoms with van der Waals surface area (Å²) in [6.45, 7) is 6.51. The highest BCUT2D eigenvalue weighted by atomic mass is 16.7. The third-order valence-electron chi connectivity index (χ3n) is 5.17. The van der Waals surface area contributed by atoms with Crippen molar-refractivity contribution in [1.29, 1.82) is 0 Å². The van der Waals surface area contributed by atoms with Crippen LogP contribution < -0.4 is 4.74 Å².